The van der Waals surface area contributed by atoms with Crippen molar-refractivity contribution in [2.45, 2.75) is 13.0 Å². The smallest absolute Gasteiger partial charge is 0.146 e. The molecule has 7 nitrogen and oxygen atoms in total. The van der Waals surface area contributed by atoms with E-state index in [1.165, 1.54) is 6.33 Å². The number of hydrogen-bond acceptors (Lipinski definition) is 7. The van der Waals surface area contributed by atoms with Gasteiger partial charge in [-0.1, -0.05) is 0 Å². The third-order valence-corrected chi connectivity index (χ3v) is 3.31. The van der Waals surface area contributed by atoms with Crippen LogP contribution in [0.5, 0.6) is 11.5 Å². The molecule has 0 saturated heterocycles. The highest BCUT2D eigenvalue weighted by atomic mass is 16.5. The van der Waals surface area contributed by atoms with Crippen molar-refractivity contribution in [3.05, 3.63) is 30.6 Å². The van der Waals surface area contributed by atoms with Crippen molar-refractivity contribution in [2.75, 3.05) is 38.5 Å². The molecular weight excluding hydrogens is 296 g/mol. The van der Waals surface area contributed by atoms with Gasteiger partial charge in [-0.3, -0.25) is 0 Å². The summed E-state index contributed by atoms with van der Waals surface area (Å²) < 4.78 is 15.8. The number of nitrogens with one attached hydrogen (secondary N) is 2. The van der Waals surface area contributed by atoms with Gasteiger partial charge in [0.05, 0.1) is 26.0 Å². The maximum Gasteiger partial charge on any atom is 0.146 e. The monoisotopic (exact) mass is 318 g/mol. The Kier molecular flexibility index (Phi) is 5.99. The molecule has 1 aromatic heterocycles. The lowest BCUT2D eigenvalue weighted by Gasteiger charge is -2.14. The zero-order valence-electron chi connectivity index (χ0n) is 13.8. The largest absolute Gasteiger partial charge is 0.497 e. The maximum atomic E-state index is 5.37. The maximum absolute atomic E-state index is 5.37. The van der Waals surface area contributed by atoms with Gasteiger partial charge in [0.1, 0.15) is 29.5 Å². The van der Waals surface area contributed by atoms with Gasteiger partial charge in [-0.15, -0.1) is 0 Å². The molecule has 1 atom stereocenters. The zero-order valence-corrected chi connectivity index (χ0v) is 13.8. The summed E-state index contributed by atoms with van der Waals surface area (Å²) in [6.07, 6.45) is 1.60. The molecule has 0 spiro atoms. The minimum Gasteiger partial charge on any atom is -0.497 e. The van der Waals surface area contributed by atoms with Crippen LogP contribution in [0.1, 0.15) is 6.92 Å². The summed E-state index contributed by atoms with van der Waals surface area (Å²) in [7, 11) is 4.90. The first-order chi connectivity index (χ1) is 11.2. The SMILES string of the molecule is COc1ccc(Nc2cc(NCC(C)OC)ncn2)c(OC)c1. The number of ether oxygens (including phenoxy) is 3. The van der Waals surface area contributed by atoms with Crippen LogP contribution in [0.25, 0.3) is 0 Å². The molecule has 0 aliphatic heterocycles. The number of nitrogens with zero attached hydrogens (tertiary/aromatic N) is 2. The van der Waals surface area contributed by atoms with Crippen LogP contribution in [0.2, 0.25) is 0 Å². The predicted molar refractivity (Wildman–Crippen MR) is 89.8 cm³/mol. The van der Waals surface area contributed by atoms with E-state index in [-0.39, 0.29) is 6.10 Å². The van der Waals surface area contributed by atoms with Crippen molar-refractivity contribution < 1.29 is 14.2 Å². The minimum atomic E-state index is 0.100. The fourth-order valence-corrected chi connectivity index (χ4v) is 1.89. The summed E-state index contributed by atoms with van der Waals surface area (Å²) in [6.45, 7) is 2.65. The lowest BCUT2D eigenvalue weighted by atomic mass is 10.2. The van der Waals surface area contributed by atoms with Gasteiger partial charge < -0.3 is 24.8 Å². The van der Waals surface area contributed by atoms with Gasteiger partial charge >= 0.3 is 0 Å². The van der Waals surface area contributed by atoms with Crippen molar-refractivity contribution in [3.63, 3.8) is 0 Å². The molecule has 2 rings (SSSR count). The second kappa shape index (κ2) is 8.19. The highest BCUT2D eigenvalue weighted by molar-refractivity contribution is 5.66. The molecule has 0 aliphatic rings. The van der Waals surface area contributed by atoms with Crippen LogP contribution in [0.4, 0.5) is 17.3 Å². The molecule has 7 heteroatoms. The van der Waals surface area contributed by atoms with E-state index in [1.807, 2.05) is 31.2 Å². The molecule has 0 saturated carbocycles. The number of aromatic nitrogens is 2. The summed E-state index contributed by atoms with van der Waals surface area (Å²) >= 11 is 0. The van der Waals surface area contributed by atoms with Crippen LogP contribution in [-0.4, -0.2) is 43.9 Å². The van der Waals surface area contributed by atoms with Crippen LogP contribution < -0.4 is 20.1 Å². The molecule has 0 amide bonds. The van der Waals surface area contributed by atoms with E-state index < -0.39 is 0 Å². The molecule has 1 heterocycles. The van der Waals surface area contributed by atoms with Crippen molar-refractivity contribution >= 4 is 17.3 Å². The van der Waals surface area contributed by atoms with Crippen molar-refractivity contribution in [2.24, 2.45) is 0 Å². The topological polar surface area (TPSA) is 77.5 Å². The van der Waals surface area contributed by atoms with Gasteiger partial charge in [0.25, 0.3) is 0 Å². The van der Waals surface area contributed by atoms with Gasteiger partial charge in [0.2, 0.25) is 0 Å². The molecule has 23 heavy (non-hydrogen) atoms. The quantitative estimate of drug-likeness (QED) is 0.775. The molecule has 0 radical (unpaired) electrons. The third-order valence-electron chi connectivity index (χ3n) is 3.31. The average Bonchev–Trinajstić information content (AvgIpc) is 2.60. The molecule has 0 aliphatic carbocycles. The first-order valence-corrected chi connectivity index (χ1v) is 7.24. The molecule has 0 fully saturated rings. The molecular formula is C16H22N4O3. The van der Waals surface area contributed by atoms with E-state index >= 15 is 0 Å². The zero-order chi connectivity index (χ0) is 16.7. The van der Waals surface area contributed by atoms with Crippen LogP contribution >= 0.6 is 0 Å². The predicted octanol–water partition coefficient (Wildman–Crippen LogP) is 2.68. The fourth-order valence-electron chi connectivity index (χ4n) is 1.89. The van der Waals surface area contributed by atoms with E-state index in [0.717, 1.165) is 17.3 Å². The van der Waals surface area contributed by atoms with E-state index in [9.17, 15) is 0 Å². The average molecular weight is 318 g/mol. The Hall–Kier alpha value is -2.54. The number of methoxy groups -OCH3 is 3. The van der Waals surface area contributed by atoms with Crippen LogP contribution in [0.3, 0.4) is 0 Å². The van der Waals surface area contributed by atoms with Crippen molar-refractivity contribution in [1.29, 1.82) is 0 Å². The lowest BCUT2D eigenvalue weighted by molar-refractivity contribution is 0.128. The van der Waals surface area contributed by atoms with Gasteiger partial charge in [-0.2, -0.15) is 0 Å². The van der Waals surface area contributed by atoms with E-state index in [2.05, 4.69) is 20.6 Å². The highest BCUT2D eigenvalue weighted by Gasteiger charge is 2.07. The number of hydrogen-bond donors (Lipinski definition) is 2. The molecule has 0 bridgehead atoms. The summed E-state index contributed by atoms with van der Waals surface area (Å²) in [5.74, 6) is 2.78. The Labute approximate surface area is 136 Å². The fraction of sp³-hybridized carbons (Fsp3) is 0.375. The van der Waals surface area contributed by atoms with Crippen LogP contribution in [0.15, 0.2) is 30.6 Å². The summed E-state index contributed by atoms with van der Waals surface area (Å²) in [4.78, 5) is 8.41. The van der Waals surface area contributed by atoms with Gasteiger partial charge in [0.15, 0.2) is 0 Å². The molecule has 2 N–H and O–H groups in total. The molecule has 1 unspecified atom stereocenters. The second-order valence-electron chi connectivity index (χ2n) is 4.91. The number of rotatable bonds is 8. The summed E-state index contributed by atoms with van der Waals surface area (Å²) in [6, 6.07) is 7.36. The van der Waals surface area contributed by atoms with E-state index in [0.29, 0.717) is 18.1 Å². The lowest BCUT2D eigenvalue weighted by Crippen LogP contribution is -2.18. The van der Waals surface area contributed by atoms with E-state index in [4.69, 9.17) is 14.2 Å². The normalized spacial score (nSPS) is 11.7. The Bertz CT molecular complexity index is 636. The third kappa shape index (κ3) is 4.72. The Morgan fingerprint density at radius 3 is 2.52 bits per heavy atom. The van der Waals surface area contributed by atoms with Gasteiger partial charge in [-0.25, -0.2) is 9.97 Å². The van der Waals surface area contributed by atoms with Gasteiger partial charge in [0, 0.05) is 25.8 Å². The Morgan fingerprint density at radius 1 is 1.04 bits per heavy atom. The standard InChI is InChI=1S/C16H22N4O3/c1-11(21-2)9-17-15-8-16(19-10-18-15)20-13-6-5-12(22-3)7-14(13)23-4/h5-8,10-11H,9H2,1-4H3,(H2,17,18,19,20). The van der Waals surface area contributed by atoms with Crippen molar-refractivity contribution in [3.8, 4) is 11.5 Å². The van der Waals surface area contributed by atoms with E-state index in [1.54, 1.807) is 21.3 Å². The van der Waals surface area contributed by atoms with Crippen LogP contribution in [0, 0.1) is 0 Å². The molecule has 124 valence electrons. The van der Waals surface area contributed by atoms with Crippen LogP contribution in [-0.2, 0) is 4.74 Å². The van der Waals surface area contributed by atoms with Crippen molar-refractivity contribution in [1.82, 2.24) is 9.97 Å². The summed E-state index contributed by atoms with van der Waals surface area (Å²) in [5.41, 5.74) is 0.795. The highest BCUT2D eigenvalue weighted by Crippen LogP contribution is 2.31. The molecule has 1 aromatic carbocycles. The van der Waals surface area contributed by atoms with Gasteiger partial charge in [-0.05, 0) is 19.1 Å². The minimum absolute atomic E-state index is 0.100. The Morgan fingerprint density at radius 2 is 1.83 bits per heavy atom. The number of benzene rings is 1. The number of anilines is 3. The molecule has 2 aromatic rings. The summed E-state index contributed by atoms with van der Waals surface area (Å²) in [5, 5.41) is 6.41. The first-order valence-electron chi connectivity index (χ1n) is 7.24. The first kappa shape index (κ1) is 16.8. The Balaban J connectivity index is 2.11. The second-order valence-corrected chi connectivity index (χ2v) is 4.91.